The van der Waals surface area contributed by atoms with Gasteiger partial charge in [-0.25, -0.2) is 22.7 Å². The first kappa shape index (κ1) is 28.6. The standard InChI is InChI=1S/C31H37ClN4O6S/c1-34-24-10-12-35(16-24)29(37)33-43(39,40)25-7-9-28-27(14-25)36(15-21-4-5-22(21)17-41-30(34)38)18-31(19-42-28)11-2-3-20-13-23(32)6-8-26(20)31/h6-9,13-14,21-22,24H,2-5,10-12,15-19H2,1H3,(H,33,37)/t21-,22?,24+,31-/m0/s1. The van der Waals surface area contributed by atoms with Gasteiger partial charge in [-0.2, -0.15) is 0 Å². The summed E-state index contributed by atoms with van der Waals surface area (Å²) in [5, 5.41) is 0.716. The average Bonchev–Trinajstić information content (AvgIpc) is 3.41. The van der Waals surface area contributed by atoms with Crippen molar-refractivity contribution >= 4 is 39.4 Å². The van der Waals surface area contributed by atoms with Crippen molar-refractivity contribution in [3.8, 4) is 5.75 Å². The van der Waals surface area contributed by atoms with Crippen molar-refractivity contribution in [3.63, 3.8) is 0 Å². The Hall–Kier alpha value is -3.18. The molecule has 10 nitrogen and oxygen atoms in total. The lowest BCUT2D eigenvalue weighted by Gasteiger charge is -2.44. The Morgan fingerprint density at radius 1 is 1.00 bits per heavy atom. The van der Waals surface area contributed by atoms with Gasteiger partial charge in [-0.3, -0.25) is 0 Å². The maximum Gasteiger partial charge on any atom is 0.409 e. The van der Waals surface area contributed by atoms with E-state index in [2.05, 4.69) is 21.8 Å². The summed E-state index contributed by atoms with van der Waals surface area (Å²) in [5.74, 6) is 1.10. The summed E-state index contributed by atoms with van der Waals surface area (Å²) < 4.78 is 41.6. The van der Waals surface area contributed by atoms with Gasteiger partial charge in [0.05, 0.1) is 29.8 Å². The molecule has 12 heteroatoms. The third-order valence-electron chi connectivity index (χ3n) is 10.3. The molecule has 1 N–H and O–H groups in total. The van der Waals surface area contributed by atoms with Gasteiger partial charge in [-0.05, 0) is 91.8 Å². The summed E-state index contributed by atoms with van der Waals surface area (Å²) in [4.78, 5) is 31.3. The van der Waals surface area contributed by atoms with E-state index in [1.54, 1.807) is 19.2 Å². The molecule has 3 amide bonds. The number of sulfonamides is 1. The fourth-order valence-corrected chi connectivity index (χ4v) is 8.74. The molecular formula is C31H37ClN4O6S. The summed E-state index contributed by atoms with van der Waals surface area (Å²) in [6.07, 6.45) is 4.98. The number of likely N-dealkylation sites (N-methyl/N-ethyl adjacent to an activating group) is 1. The van der Waals surface area contributed by atoms with Crippen molar-refractivity contribution in [1.29, 1.82) is 0 Å². The molecule has 7 rings (SSSR count). The van der Waals surface area contributed by atoms with E-state index in [4.69, 9.17) is 21.1 Å². The van der Waals surface area contributed by atoms with Crippen LogP contribution in [0.15, 0.2) is 41.3 Å². The lowest BCUT2D eigenvalue weighted by Crippen LogP contribution is -2.49. The van der Waals surface area contributed by atoms with Crippen molar-refractivity contribution in [2.24, 2.45) is 11.8 Å². The van der Waals surface area contributed by atoms with Crippen molar-refractivity contribution < 1.29 is 27.5 Å². The predicted molar refractivity (Wildman–Crippen MR) is 161 cm³/mol. The summed E-state index contributed by atoms with van der Waals surface area (Å²) >= 11 is 6.38. The van der Waals surface area contributed by atoms with Crippen molar-refractivity contribution in [2.45, 2.75) is 54.9 Å². The highest BCUT2D eigenvalue weighted by molar-refractivity contribution is 7.90. The van der Waals surface area contributed by atoms with Gasteiger partial charge in [-0.15, -0.1) is 0 Å². The number of nitrogens with one attached hydrogen (secondary N) is 1. The van der Waals surface area contributed by atoms with Gasteiger partial charge in [0.2, 0.25) is 0 Å². The van der Waals surface area contributed by atoms with E-state index in [0.29, 0.717) is 55.7 Å². The third-order valence-corrected chi connectivity index (χ3v) is 11.8. The molecule has 0 radical (unpaired) electrons. The highest BCUT2D eigenvalue weighted by Gasteiger charge is 2.44. The lowest BCUT2D eigenvalue weighted by atomic mass is 9.69. The van der Waals surface area contributed by atoms with Crippen LogP contribution in [0, 0.1) is 11.8 Å². The molecule has 4 atom stereocenters. The number of carbonyl (C=O) groups excluding carboxylic acids is 2. The second-order valence-corrected chi connectivity index (χ2v) is 14.9. The predicted octanol–water partition coefficient (Wildman–Crippen LogP) is 4.39. The topological polar surface area (TPSA) is 108 Å². The molecule has 5 aliphatic rings. The monoisotopic (exact) mass is 628 g/mol. The van der Waals surface area contributed by atoms with Crippen molar-refractivity contribution in [2.75, 3.05) is 51.3 Å². The SMILES string of the molecule is CN1C(=O)OCC2CC[C@H]2CN2C[C@@]3(CCCc4cc(Cl)ccc43)COc3ccc(cc32)S(=O)(=O)NC(=O)N2CC[C@@H]1C2. The van der Waals surface area contributed by atoms with Gasteiger partial charge in [0.25, 0.3) is 10.0 Å². The van der Waals surface area contributed by atoms with E-state index < -0.39 is 22.1 Å². The zero-order chi connectivity index (χ0) is 29.9. The Labute approximate surface area is 257 Å². The highest BCUT2D eigenvalue weighted by Crippen LogP contribution is 2.46. The van der Waals surface area contributed by atoms with Gasteiger partial charge in [0.15, 0.2) is 0 Å². The fraction of sp³-hybridized carbons (Fsp3) is 0.548. The molecule has 3 aliphatic heterocycles. The lowest BCUT2D eigenvalue weighted by molar-refractivity contribution is 0.0441. The van der Waals surface area contributed by atoms with Crippen LogP contribution in [0.1, 0.15) is 43.2 Å². The number of carbonyl (C=O) groups is 2. The summed E-state index contributed by atoms with van der Waals surface area (Å²) in [7, 11) is -2.49. The number of anilines is 1. The largest absolute Gasteiger partial charge is 0.490 e. The van der Waals surface area contributed by atoms with Crippen LogP contribution in [0.5, 0.6) is 5.75 Å². The maximum absolute atomic E-state index is 13.5. The molecule has 1 spiro atoms. The highest BCUT2D eigenvalue weighted by atomic mass is 35.5. The van der Waals surface area contributed by atoms with Crippen LogP contribution in [0.4, 0.5) is 15.3 Å². The van der Waals surface area contributed by atoms with Gasteiger partial charge in [0, 0.05) is 43.7 Å². The first-order valence-corrected chi connectivity index (χ1v) is 17.0. The number of benzene rings is 2. The molecule has 1 saturated carbocycles. The van der Waals surface area contributed by atoms with E-state index in [0.717, 1.165) is 32.1 Å². The average molecular weight is 629 g/mol. The number of rotatable bonds is 0. The van der Waals surface area contributed by atoms with Crippen LogP contribution in [0.3, 0.4) is 0 Å². The van der Waals surface area contributed by atoms with E-state index in [1.165, 1.54) is 27.0 Å². The smallest absolute Gasteiger partial charge is 0.409 e. The summed E-state index contributed by atoms with van der Waals surface area (Å²) in [6.45, 7) is 2.69. The van der Waals surface area contributed by atoms with Crippen molar-refractivity contribution in [3.05, 3.63) is 52.5 Å². The second kappa shape index (κ2) is 10.8. The Balaban J connectivity index is 1.28. The van der Waals surface area contributed by atoms with Gasteiger partial charge in [-0.1, -0.05) is 17.7 Å². The van der Waals surface area contributed by atoms with E-state index in [-0.39, 0.29) is 34.7 Å². The van der Waals surface area contributed by atoms with Gasteiger partial charge >= 0.3 is 12.1 Å². The molecule has 2 aromatic carbocycles. The van der Waals surface area contributed by atoms with E-state index >= 15 is 0 Å². The number of hydrogen-bond donors (Lipinski definition) is 1. The van der Waals surface area contributed by atoms with E-state index in [1.807, 2.05) is 6.07 Å². The molecule has 1 unspecified atom stereocenters. The summed E-state index contributed by atoms with van der Waals surface area (Å²) in [6, 6.07) is 10.0. The number of ether oxygens (including phenoxy) is 2. The minimum atomic E-state index is -4.17. The molecule has 230 valence electrons. The zero-order valence-corrected chi connectivity index (χ0v) is 25.8. The van der Waals surface area contributed by atoms with Gasteiger partial charge < -0.3 is 24.2 Å². The second-order valence-electron chi connectivity index (χ2n) is 12.8. The Morgan fingerprint density at radius 3 is 2.65 bits per heavy atom. The van der Waals surface area contributed by atoms with Crippen LogP contribution < -0.4 is 14.4 Å². The van der Waals surface area contributed by atoms with Crippen LogP contribution in [-0.2, 0) is 26.6 Å². The maximum atomic E-state index is 13.5. The number of hydrogen-bond acceptors (Lipinski definition) is 7. The molecule has 43 heavy (non-hydrogen) atoms. The van der Waals surface area contributed by atoms with Crippen molar-refractivity contribution in [1.82, 2.24) is 14.5 Å². The summed E-state index contributed by atoms with van der Waals surface area (Å²) in [5.41, 5.74) is 2.85. The Kier molecular flexibility index (Phi) is 7.16. The quantitative estimate of drug-likeness (QED) is 0.461. The van der Waals surface area contributed by atoms with Crippen LogP contribution in [-0.4, -0.2) is 82.8 Å². The minimum Gasteiger partial charge on any atom is -0.490 e. The number of aryl methyl sites for hydroxylation is 1. The fourth-order valence-electron chi connectivity index (χ4n) is 7.55. The Bertz CT molecular complexity index is 1570. The number of nitrogens with zero attached hydrogens (tertiary/aromatic N) is 3. The molecule has 2 fully saturated rings. The molecular weight excluding hydrogens is 592 g/mol. The first-order chi connectivity index (χ1) is 20.6. The molecule has 2 aromatic rings. The number of halogens is 1. The number of amides is 3. The Morgan fingerprint density at radius 2 is 1.84 bits per heavy atom. The molecule has 3 heterocycles. The first-order valence-electron chi connectivity index (χ1n) is 15.1. The van der Waals surface area contributed by atoms with Crippen LogP contribution in [0.2, 0.25) is 5.02 Å². The molecule has 0 aromatic heterocycles. The third kappa shape index (κ3) is 5.18. The van der Waals surface area contributed by atoms with Crippen LogP contribution >= 0.6 is 11.6 Å². The van der Waals surface area contributed by atoms with E-state index in [9.17, 15) is 18.0 Å². The minimum absolute atomic E-state index is 0.0147. The number of cyclic esters (lactones) is 1. The number of fused-ring (bicyclic) bond motifs is 6. The molecule has 4 bridgehead atoms. The molecule has 2 aliphatic carbocycles. The normalized spacial score (nSPS) is 30.2. The number of urea groups is 1. The van der Waals surface area contributed by atoms with Crippen LogP contribution in [0.25, 0.3) is 0 Å². The zero-order valence-electron chi connectivity index (χ0n) is 24.3. The molecule has 1 saturated heterocycles. The van der Waals surface area contributed by atoms with Gasteiger partial charge in [0.1, 0.15) is 5.75 Å².